The van der Waals surface area contributed by atoms with Crippen LogP contribution in [0.4, 0.5) is 5.69 Å². The average Bonchev–Trinajstić information content (AvgIpc) is 2.96. The molecule has 0 amide bonds. The highest BCUT2D eigenvalue weighted by atomic mass is 32.2. The molecule has 1 aliphatic heterocycles. The summed E-state index contributed by atoms with van der Waals surface area (Å²) in [6.07, 6.45) is 1.82. The molecule has 0 aromatic heterocycles. The molecular weight excluding hydrogens is 378 g/mol. The standard InChI is InChI=1S/C21H23NO5S/c1-14-4-6-16(7-5-14)11-21(24)27-13-20(23)17-8-9-19-18(12-17)10-15(2)22(19)28(3,25)26/h4-9,12,15H,10-11,13H2,1-3H3/t15-/m0/s1. The zero-order chi connectivity index (χ0) is 20.5. The Balaban J connectivity index is 1.63. The van der Waals surface area contributed by atoms with Gasteiger partial charge in [-0.2, -0.15) is 0 Å². The normalized spacial score (nSPS) is 16.0. The SMILES string of the molecule is Cc1ccc(CC(=O)OCC(=O)c2ccc3c(c2)C[C@H](C)N3S(C)(=O)=O)cc1. The maximum atomic E-state index is 12.4. The molecule has 1 heterocycles. The highest BCUT2D eigenvalue weighted by Crippen LogP contribution is 2.34. The van der Waals surface area contributed by atoms with E-state index in [1.165, 1.54) is 10.6 Å². The van der Waals surface area contributed by atoms with E-state index >= 15 is 0 Å². The van der Waals surface area contributed by atoms with Gasteiger partial charge in [0, 0.05) is 11.6 Å². The number of hydrogen-bond donors (Lipinski definition) is 0. The number of sulfonamides is 1. The molecule has 28 heavy (non-hydrogen) atoms. The first-order valence-electron chi connectivity index (χ1n) is 9.02. The number of fused-ring (bicyclic) bond motifs is 1. The van der Waals surface area contributed by atoms with Crippen molar-refractivity contribution >= 4 is 27.5 Å². The van der Waals surface area contributed by atoms with Gasteiger partial charge in [-0.1, -0.05) is 29.8 Å². The molecule has 6 nitrogen and oxygen atoms in total. The van der Waals surface area contributed by atoms with Crippen LogP contribution in [0.3, 0.4) is 0 Å². The molecule has 0 unspecified atom stereocenters. The number of ketones is 1. The van der Waals surface area contributed by atoms with Gasteiger partial charge >= 0.3 is 5.97 Å². The Morgan fingerprint density at radius 2 is 1.82 bits per heavy atom. The minimum absolute atomic E-state index is 0.110. The smallest absolute Gasteiger partial charge is 0.310 e. The van der Waals surface area contributed by atoms with E-state index < -0.39 is 16.0 Å². The van der Waals surface area contributed by atoms with Gasteiger partial charge in [-0.05, 0) is 49.6 Å². The summed E-state index contributed by atoms with van der Waals surface area (Å²) in [5.41, 5.74) is 3.74. The molecule has 3 rings (SSSR count). The zero-order valence-electron chi connectivity index (χ0n) is 16.1. The van der Waals surface area contributed by atoms with E-state index in [4.69, 9.17) is 4.74 Å². The fourth-order valence-corrected chi connectivity index (χ4v) is 4.70. The van der Waals surface area contributed by atoms with E-state index in [9.17, 15) is 18.0 Å². The Morgan fingerprint density at radius 1 is 1.14 bits per heavy atom. The van der Waals surface area contributed by atoms with Gasteiger partial charge in [0.05, 0.1) is 18.4 Å². The third-order valence-electron chi connectivity index (χ3n) is 4.75. The van der Waals surface area contributed by atoms with Crippen LogP contribution in [0.25, 0.3) is 0 Å². The second-order valence-electron chi connectivity index (χ2n) is 7.20. The van der Waals surface area contributed by atoms with Crippen molar-refractivity contribution in [1.29, 1.82) is 0 Å². The third-order valence-corrected chi connectivity index (χ3v) is 6.02. The second-order valence-corrected chi connectivity index (χ2v) is 9.06. The van der Waals surface area contributed by atoms with E-state index in [1.807, 2.05) is 38.1 Å². The van der Waals surface area contributed by atoms with Gasteiger partial charge in [0.25, 0.3) is 0 Å². The molecule has 148 valence electrons. The van der Waals surface area contributed by atoms with Crippen LogP contribution in [-0.4, -0.2) is 39.1 Å². The van der Waals surface area contributed by atoms with Gasteiger partial charge < -0.3 is 4.74 Å². The first-order chi connectivity index (χ1) is 13.1. The molecule has 2 aromatic carbocycles. The van der Waals surface area contributed by atoms with E-state index in [0.29, 0.717) is 17.7 Å². The lowest BCUT2D eigenvalue weighted by Gasteiger charge is -2.21. The first-order valence-corrected chi connectivity index (χ1v) is 10.9. The van der Waals surface area contributed by atoms with Crippen molar-refractivity contribution in [2.75, 3.05) is 17.2 Å². The predicted octanol–water partition coefficient (Wildman–Crippen LogP) is 2.67. The lowest BCUT2D eigenvalue weighted by atomic mass is 10.0. The van der Waals surface area contributed by atoms with Crippen LogP contribution in [0.15, 0.2) is 42.5 Å². The minimum Gasteiger partial charge on any atom is -0.457 e. The third kappa shape index (κ3) is 4.42. The number of benzene rings is 2. The number of Topliss-reactive ketones (excluding diaryl/α,β-unsaturated/α-hetero) is 1. The largest absolute Gasteiger partial charge is 0.457 e. The van der Waals surface area contributed by atoms with Crippen LogP contribution in [0.1, 0.15) is 34.0 Å². The quantitative estimate of drug-likeness (QED) is 0.549. The van der Waals surface area contributed by atoms with Crippen molar-refractivity contribution in [1.82, 2.24) is 0 Å². The van der Waals surface area contributed by atoms with Gasteiger partial charge in [-0.25, -0.2) is 8.42 Å². The maximum Gasteiger partial charge on any atom is 0.310 e. The van der Waals surface area contributed by atoms with Crippen molar-refractivity contribution in [3.8, 4) is 0 Å². The van der Waals surface area contributed by atoms with Gasteiger partial charge in [-0.15, -0.1) is 0 Å². The Bertz CT molecular complexity index is 1010. The van der Waals surface area contributed by atoms with E-state index in [2.05, 4.69) is 0 Å². The van der Waals surface area contributed by atoms with E-state index in [0.717, 1.165) is 16.7 Å². The monoisotopic (exact) mass is 401 g/mol. The number of carbonyl (C=O) groups excluding carboxylic acids is 2. The number of rotatable bonds is 6. The molecule has 0 saturated heterocycles. The van der Waals surface area contributed by atoms with Crippen molar-refractivity contribution in [3.63, 3.8) is 0 Å². The van der Waals surface area contributed by atoms with Gasteiger partial charge in [-0.3, -0.25) is 13.9 Å². The predicted molar refractivity (Wildman–Crippen MR) is 107 cm³/mol. The summed E-state index contributed by atoms with van der Waals surface area (Å²) in [7, 11) is -3.37. The van der Waals surface area contributed by atoms with Crippen LogP contribution < -0.4 is 4.31 Å². The lowest BCUT2D eigenvalue weighted by molar-refractivity contribution is -0.141. The second kappa shape index (κ2) is 7.75. The molecule has 2 aromatic rings. The summed E-state index contributed by atoms with van der Waals surface area (Å²) in [6.45, 7) is 3.46. The number of hydrogen-bond acceptors (Lipinski definition) is 5. The number of anilines is 1. The summed E-state index contributed by atoms with van der Waals surface area (Å²) in [5, 5.41) is 0. The summed E-state index contributed by atoms with van der Waals surface area (Å²) in [6, 6.07) is 12.3. The Labute approximate surface area is 165 Å². The van der Waals surface area contributed by atoms with Crippen molar-refractivity contribution in [2.45, 2.75) is 32.7 Å². The molecule has 0 N–H and O–H groups in total. The number of ether oxygens (including phenoxy) is 1. The molecule has 0 aliphatic carbocycles. The Morgan fingerprint density at radius 3 is 2.46 bits per heavy atom. The number of esters is 1. The summed E-state index contributed by atoms with van der Waals surface area (Å²) >= 11 is 0. The van der Waals surface area contributed by atoms with E-state index in [1.54, 1.807) is 18.2 Å². The minimum atomic E-state index is -3.37. The molecule has 0 bridgehead atoms. The molecule has 1 atom stereocenters. The number of aryl methyl sites for hydroxylation is 1. The molecule has 0 radical (unpaired) electrons. The summed E-state index contributed by atoms with van der Waals surface area (Å²) in [4.78, 5) is 24.4. The highest BCUT2D eigenvalue weighted by molar-refractivity contribution is 7.92. The molecule has 0 spiro atoms. The first kappa shape index (κ1) is 20.1. The van der Waals surface area contributed by atoms with Crippen molar-refractivity contribution in [2.24, 2.45) is 0 Å². The van der Waals surface area contributed by atoms with Crippen LogP contribution in [0.2, 0.25) is 0 Å². The van der Waals surface area contributed by atoms with E-state index in [-0.39, 0.29) is 24.9 Å². The number of nitrogens with zero attached hydrogens (tertiary/aromatic N) is 1. The zero-order valence-corrected chi connectivity index (χ0v) is 17.0. The lowest BCUT2D eigenvalue weighted by Crippen LogP contribution is -2.34. The highest BCUT2D eigenvalue weighted by Gasteiger charge is 2.32. The molecular formula is C21H23NO5S. The average molecular weight is 401 g/mol. The molecule has 1 aliphatic rings. The van der Waals surface area contributed by atoms with Crippen molar-refractivity contribution in [3.05, 3.63) is 64.7 Å². The topological polar surface area (TPSA) is 80.8 Å². The summed E-state index contributed by atoms with van der Waals surface area (Å²) in [5.74, 6) is -0.777. The molecule has 0 fully saturated rings. The van der Waals surface area contributed by atoms with Crippen molar-refractivity contribution < 1.29 is 22.7 Å². The fraction of sp³-hybridized carbons (Fsp3) is 0.333. The number of carbonyl (C=O) groups is 2. The van der Waals surface area contributed by atoms with Crippen LogP contribution in [-0.2, 0) is 32.4 Å². The van der Waals surface area contributed by atoms with Gasteiger partial charge in [0.1, 0.15) is 0 Å². The fourth-order valence-electron chi connectivity index (χ4n) is 3.43. The Kier molecular flexibility index (Phi) is 5.56. The van der Waals surface area contributed by atoms with Gasteiger partial charge in [0.2, 0.25) is 10.0 Å². The summed E-state index contributed by atoms with van der Waals surface area (Å²) < 4.78 is 30.4. The maximum absolute atomic E-state index is 12.4. The molecule has 0 saturated carbocycles. The molecule has 7 heteroatoms. The van der Waals surface area contributed by atoms with Crippen LogP contribution >= 0.6 is 0 Å². The Hall–Kier alpha value is -2.67. The van der Waals surface area contributed by atoms with Crippen LogP contribution in [0.5, 0.6) is 0 Å². The van der Waals surface area contributed by atoms with Crippen LogP contribution in [0, 0.1) is 6.92 Å². The van der Waals surface area contributed by atoms with Gasteiger partial charge in [0.15, 0.2) is 12.4 Å².